The van der Waals surface area contributed by atoms with Crippen molar-refractivity contribution < 1.29 is 0 Å². The highest BCUT2D eigenvalue weighted by Crippen LogP contribution is 2.28. The van der Waals surface area contributed by atoms with Gasteiger partial charge < -0.3 is 5.32 Å². The molecular weight excluding hydrogens is 275 g/mol. The molecule has 0 saturated carbocycles. The summed E-state index contributed by atoms with van der Waals surface area (Å²) in [5, 5.41) is 5.99. The Morgan fingerprint density at radius 2 is 2.24 bits per heavy atom. The zero-order valence-electron chi connectivity index (χ0n) is 9.54. The third kappa shape index (κ3) is 3.54. The van der Waals surface area contributed by atoms with Crippen LogP contribution < -0.4 is 5.32 Å². The Bertz CT molecular complexity index is 435. The maximum Gasteiger partial charge on any atom is 0.161 e. The van der Waals surface area contributed by atoms with E-state index in [1.54, 1.807) is 17.8 Å². The molecule has 1 unspecified atom stereocenters. The second-order valence-corrected chi connectivity index (χ2v) is 6.03. The summed E-state index contributed by atoms with van der Waals surface area (Å²) in [6.45, 7) is 3.10. The van der Waals surface area contributed by atoms with Gasteiger partial charge in [-0.3, -0.25) is 4.99 Å². The largest absolute Gasteiger partial charge is 0.335 e. The van der Waals surface area contributed by atoms with E-state index in [1.165, 1.54) is 12.8 Å². The highest BCUT2D eigenvalue weighted by Gasteiger charge is 2.18. The number of hydrogen-bond donors (Lipinski definition) is 1. The first-order valence-corrected chi connectivity index (χ1v) is 7.25. The number of amidine groups is 1. The van der Waals surface area contributed by atoms with Crippen molar-refractivity contribution in [2.75, 3.05) is 11.9 Å². The summed E-state index contributed by atoms with van der Waals surface area (Å²) in [6.07, 6.45) is 2.41. The lowest BCUT2D eigenvalue weighted by Gasteiger charge is -2.08. The second-order valence-electron chi connectivity index (χ2n) is 3.93. The first kappa shape index (κ1) is 13.1. The lowest BCUT2D eigenvalue weighted by atomic mass is 10.2. The zero-order valence-corrected chi connectivity index (χ0v) is 11.9. The number of aliphatic imine (C=N–C) groups is 1. The van der Waals surface area contributed by atoms with Crippen molar-refractivity contribution in [3.8, 4) is 0 Å². The van der Waals surface area contributed by atoms with Gasteiger partial charge in [-0.05, 0) is 24.6 Å². The summed E-state index contributed by atoms with van der Waals surface area (Å²) in [4.78, 5) is 4.48. The van der Waals surface area contributed by atoms with Crippen molar-refractivity contribution in [3.63, 3.8) is 0 Å². The molecule has 1 N–H and O–H groups in total. The van der Waals surface area contributed by atoms with E-state index < -0.39 is 0 Å². The molecule has 0 saturated heterocycles. The number of thioether (sulfide) groups is 1. The summed E-state index contributed by atoms with van der Waals surface area (Å²) in [5.41, 5.74) is 0.933. The number of anilines is 1. The van der Waals surface area contributed by atoms with Gasteiger partial charge in [-0.2, -0.15) is 0 Å². The van der Waals surface area contributed by atoms with Gasteiger partial charge in [-0.1, -0.05) is 48.3 Å². The second kappa shape index (κ2) is 5.98. The highest BCUT2D eigenvalue weighted by atomic mass is 35.5. The topological polar surface area (TPSA) is 24.4 Å². The minimum Gasteiger partial charge on any atom is -0.335 e. The van der Waals surface area contributed by atoms with E-state index in [4.69, 9.17) is 23.2 Å². The number of rotatable bonds is 3. The smallest absolute Gasteiger partial charge is 0.161 e. The molecule has 1 atom stereocenters. The van der Waals surface area contributed by atoms with E-state index in [0.717, 1.165) is 17.4 Å². The van der Waals surface area contributed by atoms with Crippen molar-refractivity contribution >= 4 is 45.8 Å². The normalized spacial score (nSPS) is 19.2. The van der Waals surface area contributed by atoms with Crippen LogP contribution in [0.25, 0.3) is 0 Å². The van der Waals surface area contributed by atoms with Gasteiger partial charge in [0, 0.05) is 10.9 Å². The maximum atomic E-state index is 5.96. The quantitative estimate of drug-likeness (QED) is 0.874. The number of halogens is 2. The predicted molar refractivity (Wildman–Crippen MR) is 78.7 cm³/mol. The molecule has 1 aliphatic heterocycles. The number of nitrogens with zero attached hydrogens (tertiary/aromatic N) is 1. The molecule has 0 aliphatic carbocycles. The molecule has 2 rings (SSSR count). The van der Waals surface area contributed by atoms with Gasteiger partial charge in [0.05, 0.1) is 16.6 Å². The molecular formula is C12H14Cl2N2S. The molecule has 0 fully saturated rings. The van der Waals surface area contributed by atoms with Crippen LogP contribution in [-0.2, 0) is 0 Å². The molecule has 0 radical (unpaired) electrons. The van der Waals surface area contributed by atoms with Crippen LogP contribution in [0.3, 0.4) is 0 Å². The molecule has 1 aliphatic rings. The zero-order chi connectivity index (χ0) is 12.3. The van der Waals surface area contributed by atoms with Gasteiger partial charge in [0.1, 0.15) is 0 Å². The predicted octanol–water partition coefficient (Wildman–Crippen LogP) is 4.68. The van der Waals surface area contributed by atoms with Crippen molar-refractivity contribution in [1.82, 2.24) is 0 Å². The molecule has 1 aromatic rings. The minimum absolute atomic E-state index is 0.561. The summed E-state index contributed by atoms with van der Waals surface area (Å²) in [5.74, 6) is 0. The van der Waals surface area contributed by atoms with Crippen molar-refractivity contribution in [2.24, 2.45) is 4.99 Å². The summed E-state index contributed by atoms with van der Waals surface area (Å²) < 4.78 is 0. The standard InChI is InChI=1S/C12H14Cl2N2S/c1-2-3-9-7-15-12(17-9)16-8-4-5-10(13)11(14)6-8/h4-6,9H,2-3,7H2,1H3,(H,15,16). The van der Waals surface area contributed by atoms with E-state index in [9.17, 15) is 0 Å². The van der Waals surface area contributed by atoms with Crippen LogP contribution in [0.4, 0.5) is 5.69 Å². The van der Waals surface area contributed by atoms with Gasteiger partial charge in [-0.15, -0.1) is 0 Å². The van der Waals surface area contributed by atoms with Gasteiger partial charge in [0.2, 0.25) is 0 Å². The monoisotopic (exact) mass is 288 g/mol. The van der Waals surface area contributed by atoms with E-state index in [-0.39, 0.29) is 0 Å². The Morgan fingerprint density at radius 1 is 1.41 bits per heavy atom. The van der Waals surface area contributed by atoms with E-state index >= 15 is 0 Å². The Labute approximate surface area is 116 Å². The average molecular weight is 289 g/mol. The lowest BCUT2D eigenvalue weighted by Crippen LogP contribution is -2.07. The average Bonchev–Trinajstić information content (AvgIpc) is 2.72. The lowest BCUT2D eigenvalue weighted by molar-refractivity contribution is 0.754. The third-order valence-corrected chi connectivity index (χ3v) is 4.41. The molecule has 0 bridgehead atoms. The van der Waals surface area contributed by atoms with Gasteiger partial charge >= 0.3 is 0 Å². The molecule has 1 heterocycles. The summed E-state index contributed by atoms with van der Waals surface area (Å²) in [6, 6.07) is 5.51. The van der Waals surface area contributed by atoms with Crippen LogP contribution in [-0.4, -0.2) is 17.0 Å². The van der Waals surface area contributed by atoms with Crippen LogP contribution in [0.15, 0.2) is 23.2 Å². The van der Waals surface area contributed by atoms with E-state index in [1.807, 2.05) is 12.1 Å². The van der Waals surface area contributed by atoms with E-state index in [0.29, 0.717) is 15.3 Å². The first-order valence-electron chi connectivity index (χ1n) is 5.62. The first-order chi connectivity index (χ1) is 8.19. The maximum absolute atomic E-state index is 5.96. The fourth-order valence-corrected chi connectivity index (χ4v) is 3.10. The van der Waals surface area contributed by atoms with Crippen LogP contribution in [0.2, 0.25) is 10.0 Å². The Hall–Kier alpha value is -0.380. The Balaban J connectivity index is 1.96. The van der Waals surface area contributed by atoms with Crippen molar-refractivity contribution in [1.29, 1.82) is 0 Å². The fraction of sp³-hybridized carbons (Fsp3) is 0.417. The Kier molecular flexibility index (Phi) is 4.60. The number of benzene rings is 1. The van der Waals surface area contributed by atoms with E-state index in [2.05, 4.69) is 17.2 Å². The van der Waals surface area contributed by atoms with Crippen LogP contribution in [0.1, 0.15) is 19.8 Å². The summed E-state index contributed by atoms with van der Waals surface area (Å²) >= 11 is 13.6. The molecule has 0 aromatic heterocycles. The van der Waals surface area contributed by atoms with Crippen LogP contribution >= 0.6 is 35.0 Å². The molecule has 1 aromatic carbocycles. The molecule has 0 amide bonds. The summed E-state index contributed by atoms with van der Waals surface area (Å²) in [7, 11) is 0. The van der Waals surface area contributed by atoms with Crippen molar-refractivity contribution in [2.45, 2.75) is 25.0 Å². The molecule has 92 valence electrons. The molecule has 0 spiro atoms. The Morgan fingerprint density at radius 3 is 2.94 bits per heavy atom. The number of nitrogens with one attached hydrogen (secondary N) is 1. The van der Waals surface area contributed by atoms with Crippen molar-refractivity contribution in [3.05, 3.63) is 28.2 Å². The molecule has 17 heavy (non-hydrogen) atoms. The minimum atomic E-state index is 0.561. The highest BCUT2D eigenvalue weighted by molar-refractivity contribution is 8.15. The SMILES string of the molecule is CCCC1CN=C(Nc2ccc(Cl)c(Cl)c2)S1. The van der Waals surface area contributed by atoms with Gasteiger partial charge in [0.25, 0.3) is 0 Å². The third-order valence-electron chi connectivity index (χ3n) is 2.50. The molecule has 5 heteroatoms. The fourth-order valence-electron chi connectivity index (χ4n) is 1.66. The molecule has 2 nitrogen and oxygen atoms in total. The van der Waals surface area contributed by atoms with Gasteiger partial charge in [0.15, 0.2) is 5.17 Å². The van der Waals surface area contributed by atoms with Gasteiger partial charge in [-0.25, -0.2) is 0 Å². The number of hydrogen-bond acceptors (Lipinski definition) is 3. The van der Waals surface area contributed by atoms with Crippen LogP contribution in [0, 0.1) is 0 Å². The van der Waals surface area contributed by atoms with Crippen LogP contribution in [0.5, 0.6) is 0 Å².